The second-order valence-electron chi connectivity index (χ2n) is 8.31. The van der Waals surface area contributed by atoms with Crippen molar-refractivity contribution in [3.8, 4) is 0 Å². The van der Waals surface area contributed by atoms with Crippen molar-refractivity contribution in [3.05, 3.63) is 88.6 Å². The van der Waals surface area contributed by atoms with E-state index in [0.29, 0.717) is 19.6 Å². The molecule has 4 rings (SSSR count). The highest BCUT2D eigenvalue weighted by Gasteiger charge is 2.28. The largest absolute Gasteiger partial charge is 0.369 e. The van der Waals surface area contributed by atoms with E-state index >= 15 is 0 Å². The number of rotatable bonds is 7. The summed E-state index contributed by atoms with van der Waals surface area (Å²) in [6.45, 7) is 2.52. The first-order chi connectivity index (χ1) is 15.6. The van der Waals surface area contributed by atoms with Crippen LogP contribution in [0.25, 0.3) is 0 Å². The maximum Gasteiger partial charge on any atom is 0.269 e. The number of carbonyl (C=O) groups is 1. The molecule has 3 heterocycles. The molecule has 0 aliphatic carbocycles. The van der Waals surface area contributed by atoms with Crippen LogP contribution in [0.1, 0.15) is 24.1 Å². The Labute approximate surface area is 188 Å². The number of piperidine rings is 1. The average molecular weight is 432 g/mol. The van der Waals surface area contributed by atoms with Crippen molar-refractivity contribution in [1.82, 2.24) is 19.7 Å². The third-order valence-corrected chi connectivity index (χ3v) is 5.97. The van der Waals surface area contributed by atoms with Crippen molar-refractivity contribution in [3.63, 3.8) is 0 Å². The molecule has 1 atom stereocenters. The fraction of sp³-hybridized carbons (Fsp3) is 0.360. The number of hydrogen-bond acceptors (Lipinski definition) is 5. The topological polar surface area (TPSA) is 71.3 Å². The maximum absolute atomic E-state index is 13.0. The first-order valence-corrected chi connectivity index (χ1v) is 11.1. The summed E-state index contributed by atoms with van der Waals surface area (Å²) in [5.74, 6) is 0.0697. The van der Waals surface area contributed by atoms with Crippen LogP contribution in [0.5, 0.6) is 0 Å². The zero-order chi connectivity index (χ0) is 22.3. The summed E-state index contributed by atoms with van der Waals surface area (Å²) in [4.78, 5) is 33.9. The molecule has 166 valence electrons. The van der Waals surface area contributed by atoms with Crippen molar-refractivity contribution in [2.45, 2.75) is 25.8 Å². The molecule has 1 saturated heterocycles. The highest BCUT2D eigenvalue weighted by molar-refractivity contribution is 5.79. The van der Waals surface area contributed by atoms with Gasteiger partial charge in [0.25, 0.3) is 5.56 Å². The summed E-state index contributed by atoms with van der Waals surface area (Å²) in [6.07, 6.45) is 6.03. The Kier molecular flexibility index (Phi) is 6.94. The summed E-state index contributed by atoms with van der Waals surface area (Å²) >= 11 is 0. The van der Waals surface area contributed by atoms with Gasteiger partial charge in [0, 0.05) is 51.1 Å². The summed E-state index contributed by atoms with van der Waals surface area (Å²) in [7, 11) is 1.86. The van der Waals surface area contributed by atoms with Gasteiger partial charge in [-0.05, 0) is 30.5 Å². The molecule has 0 radical (unpaired) electrons. The molecule has 0 bridgehead atoms. The van der Waals surface area contributed by atoms with E-state index in [2.05, 4.69) is 15.0 Å². The molecule has 7 nitrogen and oxygen atoms in total. The first kappa shape index (κ1) is 21.7. The molecule has 32 heavy (non-hydrogen) atoms. The SMILES string of the molecule is CN(CCc1ccccn1)C(=O)[C@@H]1CCCN(c2cnn(Cc3ccccc3)c(=O)c2)C1. The van der Waals surface area contributed by atoms with Crippen molar-refractivity contribution in [2.24, 2.45) is 5.92 Å². The minimum absolute atomic E-state index is 0.0794. The lowest BCUT2D eigenvalue weighted by atomic mass is 9.96. The van der Waals surface area contributed by atoms with Gasteiger partial charge in [-0.3, -0.25) is 14.6 Å². The molecule has 2 aromatic heterocycles. The van der Waals surface area contributed by atoms with E-state index in [4.69, 9.17) is 0 Å². The fourth-order valence-electron chi connectivity index (χ4n) is 4.14. The highest BCUT2D eigenvalue weighted by Crippen LogP contribution is 2.23. The Balaban J connectivity index is 1.37. The van der Waals surface area contributed by atoms with Crippen molar-refractivity contribution < 1.29 is 4.79 Å². The molecule has 7 heteroatoms. The average Bonchev–Trinajstić information content (AvgIpc) is 2.84. The summed E-state index contributed by atoms with van der Waals surface area (Å²) in [5, 5.41) is 4.38. The summed E-state index contributed by atoms with van der Waals surface area (Å²) in [6, 6.07) is 17.3. The Morgan fingerprint density at radius 1 is 1.16 bits per heavy atom. The predicted octanol–water partition coefficient (Wildman–Crippen LogP) is 2.60. The number of hydrogen-bond donors (Lipinski definition) is 0. The lowest BCUT2D eigenvalue weighted by Gasteiger charge is -2.35. The Hall–Kier alpha value is -3.48. The van der Waals surface area contributed by atoms with E-state index in [1.807, 2.05) is 55.6 Å². The number of amides is 1. The minimum Gasteiger partial charge on any atom is -0.369 e. The van der Waals surface area contributed by atoms with E-state index < -0.39 is 0 Å². The molecule has 1 amide bonds. The molecule has 0 N–H and O–H groups in total. The Bertz CT molecular complexity index is 1080. The zero-order valence-electron chi connectivity index (χ0n) is 18.4. The van der Waals surface area contributed by atoms with Crippen LogP contribution in [-0.4, -0.2) is 52.3 Å². The number of anilines is 1. The van der Waals surface area contributed by atoms with E-state index in [-0.39, 0.29) is 17.4 Å². The molecule has 1 aromatic carbocycles. The summed E-state index contributed by atoms with van der Waals surface area (Å²) < 4.78 is 1.47. The number of pyridine rings is 1. The maximum atomic E-state index is 13.0. The van der Waals surface area contributed by atoms with Gasteiger partial charge in [0.15, 0.2) is 0 Å². The third kappa shape index (κ3) is 5.41. The Morgan fingerprint density at radius 2 is 1.97 bits per heavy atom. The molecule has 0 spiro atoms. The van der Waals surface area contributed by atoms with Crippen LogP contribution < -0.4 is 10.5 Å². The van der Waals surface area contributed by atoms with Gasteiger partial charge in [0.05, 0.1) is 24.3 Å². The number of nitrogens with zero attached hydrogens (tertiary/aromatic N) is 5. The zero-order valence-corrected chi connectivity index (χ0v) is 18.4. The molecule has 1 aliphatic rings. The lowest BCUT2D eigenvalue weighted by molar-refractivity contribution is -0.134. The Morgan fingerprint density at radius 3 is 2.72 bits per heavy atom. The van der Waals surface area contributed by atoms with Crippen LogP contribution in [0.4, 0.5) is 5.69 Å². The summed E-state index contributed by atoms with van der Waals surface area (Å²) in [5.41, 5.74) is 2.67. The third-order valence-electron chi connectivity index (χ3n) is 5.97. The molecule has 0 saturated carbocycles. The number of benzene rings is 1. The molecular weight excluding hydrogens is 402 g/mol. The van der Waals surface area contributed by atoms with Crippen LogP contribution in [0.15, 0.2) is 71.8 Å². The number of aromatic nitrogens is 3. The van der Waals surface area contributed by atoms with Gasteiger partial charge in [-0.25, -0.2) is 4.68 Å². The fourth-order valence-corrected chi connectivity index (χ4v) is 4.14. The predicted molar refractivity (Wildman–Crippen MR) is 125 cm³/mol. The van der Waals surface area contributed by atoms with Crippen LogP contribution in [0.2, 0.25) is 0 Å². The van der Waals surface area contributed by atoms with Gasteiger partial charge in [0.2, 0.25) is 5.91 Å². The number of carbonyl (C=O) groups excluding carboxylic acids is 1. The van der Waals surface area contributed by atoms with Crippen LogP contribution in [0, 0.1) is 5.92 Å². The number of likely N-dealkylation sites (N-methyl/N-ethyl adjacent to an activating group) is 1. The molecule has 1 aliphatic heterocycles. The van der Waals surface area contributed by atoms with Gasteiger partial charge in [-0.2, -0.15) is 5.10 Å². The van der Waals surface area contributed by atoms with E-state index in [1.54, 1.807) is 23.4 Å². The van der Waals surface area contributed by atoms with E-state index in [0.717, 1.165) is 42.8 Å². The molecule has 0 unspecified atom stereocenters. The minimum atomic E-state index is -0.132. The second kappa shape index (κ2) is 10.2. The van der Waals surface area contributed by atoms with Crippen LogP contribution in [0.3, 0.4) is 0 Å². The molecule has 1 fully saturated rings. The monoisotopic (exact) mass is 431 g/mol. The van der Waals surface area contributed by atoms with Gasteiger partial charge in [-0.1, -0.05) is 36.4 Å². The quantitative estimate of drug-likeness (QED) is 0.575. The first-order valence-electron chi connectivity index (χ1n) is 11.1. The van der Waals surface area contributed by atoms with Gasteiger partial charge in [0.1, 0.15) is 0 Å². The van der Waals surface area contributed by atoms with Gasteiger partial charge < -0.3 is 9.80 Å². The van der Waals surface area contributed by atoms with Gasteiger partial charge >= 0.3 is 0 Å². The normalized spacial score (nSPS) is 16.0. The molecular formula is C25H29N5O2. The standard InChI is InChI=1S/C25H29N5O2/c1-28(15-12-22-11-5-6-13-26-22)25(32)21-10-7-14-29(19-21)23-16-24(31)30(27-17-23)18-20-8-3-2-4-9-20/h2-6,8-9,11,13,16-17,21H,7,10,12,14-15,18-19H2,1H3/t21-/m1/s1. The lowest BCUT2D eigenvalue weighted by Crippen LogP contribution is -2.44. The van der Waals surface area contributed by atoms with Crippen molar-refractivity contribution in [1.29, 1.82) is 0 Å². The second-order valence-corrected chi connectivity index (χ2v) is 8.31. The van der Waals surface area contributed by atoms with Gasteiger partial charge in [-0.15, -0.1) is 0 Å². The van der Waals surface area contributed by atoms with Crippen LogP contribution in [-0.2, 0) is 17.8 Å². The van der Waals surface area contributed by atoms with Crippen molar-refractivity contribution in [2.75, 3.05) is 31.6 Å². The molecule has 3 aromatic rings. The van der Waals surface area contributed by atoms with Crippen LogP contribution >= 0.6 is 0 Å². The van der Waals surface area contributed by atoms with E-state index in [9.17, 15) is 9.59 Å². The van der Waals surface area contributed by atoms with E-state index in [1.165, 1.54) is 4.68 Å². The highest BCUT2D eigenvalue weighted by atomic mass is 16.2. The smallest absolute Gasteiger partial charge is 0.269 e. The van der Waals surface area contributed by atoms with Crippen molar-refractivity contribution >= 4 is 11.6 Å².